The number of piperidine rings is 1. The first-order valence-electron chi connectivity index (χ1n) is 9.86. The van der Waals surface area contributed by atoms with Crippen LogP contribution in [0.2, 0.25) is 0 Å². The maximum Gasteiger partial charge on any atom is 0.290 e. The van der Waals surface area contributed by atoms with Gasteiger partial charge in [0.2, 0.25) is 0 Å². The molecule has 29 heavy (non-hydrogen) atoms. The van der Waals surface area contributed by atoms with Crippen molar-refractivity contribution in [1.82, 2.24) is 9.80 Å². The van der Waals surface area contributed by atoms with Gasteiger partial charge in [-0.3, -0.25) is 14.5 Å². The Labute approximate surface area is 172 Å². The highest BCUT2D eigenvalue weighted by Crippen LogP contribution is 2.37. The fraction of sp³-hybridized carbons (Fsp3) is 0.619. The molecule has 0 bridgehead atoms. The minimum absolute atomic E-state index is 0.0541. The lowest BCUT2D eigenvalue weighted by Crippen LogP contribution is -2.45. The number of likely N-dealkylation sites (N-methyl/N-ethyl adjacent to an activating group) is 1. The van der Waals surface area contributed by atoms with Crippen LogP contribution in [0, 0.1) is 0 Å². The number of alkyl halides is 1. The molecule has 164 valence electrons. The average molecular weight is 413 g/mol. The first-order valence-corrected chi connectivity index (χ1v) is 9.86. The molecule has 3 rings (SSSR count). The zero-order valence-electron chi connectivity index (χ0n) is 17.1. The third kappa shape index (κ3) is 8.89. The van der Waals surface area contributed by atoms with Gasteiger partial charge >= 0.3 is 0 Å². The number of halogens is 1. The second-order valence-corrected chi connectivity index (χ2v) is 7.31. The lowest BCUT2D eigenvalue weighted by atomic mass is 9.87. The Bertz CT molecular complexity index is 561. The summed E-state index contributed by atoms with van der Waals surface area (Å²) in [6.07, 6.45) is 4.41. The van der Waals surface area contributed by atoms with Gasteiger partial charge in [0.05, 0.1) is 12.2 Å². The lowest BCUT2D eigenvalue weighted by molar-refractivity contribution is -0.123. The maximum atomic E-state index is 12.5. The summed E-state index contributed by atoms with van der Waals surface area (Å²) >= 11 is 0. The van der Waals surface area contributed by atoms with Crippen LogP contribution >= 0.6 is 0 Å². The molecule has 2 N–H and O–H groups in total. The van der Waals surface area contributed by atoms with Crippen molar-refractivity contribution in [2.24, 2.45) is 0 Å². The van der Waals surface area contributed by atoms with Crippen molar-refractivity contribution in [3.05, 3.63) is 35.9 Å². The molecule has 1 unspecified atom stereocenters. The van der Waals surface area contributed by atoms with E-state index in [1.54, 1.807) is 0 Å². The fourth-order valence-electron chi connectivity index (χ4n) is 3.88. The molecule has 1 aromatic rings. The van der Waals surface area contributed by atoms with Crippen molar-refractivity contribution in [2.45, 2.75) is 37.3 Å². The smallest absolute Gasteiger partial charge is 0.290 e. The summed E-state index contributed by atoms with van der Waals surface area (Å²) in [6, 6.07) is 11.1. The van der Waals surface area contributed by atoms with Gasteiger partial charge in [-0.2, -0.15) is 0 Å². The third-order valence-corrected chi connectivity index (χ3v) is 5.58. The zero-order valence-corrected chi connectivity index (χ0v) is 17.1. The summed E-state index contributed by atoms with van der Waals surface area (Å²) < 4.78 is 18.7. The van der Waals surface area contributed by atoms with Crippen LogP contribution in [0.4, 0.5) is 4.39 Å². The van der Waals surface area contributed by atoms with Crippen LogP contribution in [0.5, 0.6) is 0 Å². The first kappa shape index (κ1) is 25.0. The maximum absolute atomic E-state index is 12.5. The Morgan fingerprint density at radius 1 is 1.21 bits per heavy atom. The van der Waals surface area contributed by atoms with E-state index >= 15 is 0 Å². The monoisotopic (exact) mass is 412 g/mol. The second-order valence-electron chi connectivity index (χ2n) is 7.31. The minimum Gasteiger partial charge on any atom is -0.483 e. The highest BCUT2D eigenvalue weighted by atomic mass is 19.1. The average Bonchev–Trinajstić information content (AvgIpc) is 3.14. The summed E-state index contributed by atoms with van der Waals surface area (Å²) in [5, 5.41) is 13.8. The largest absolute Gasteiger partial charge is 0.483 e. The van der Waals surface area contributed by atoms with Gasteiger partial charge in [0.25, 0.3) is 12.9 Å². The Kier molecular flexibility index (Phi) is 12.1. The molecule has 2 aliphatic heterocycles. The number of likely N-dealkylation sites (tertiary alicyclic amines) is 1. The van der Waals surface area contributed by atoms with Crippen LogP contribution < -0.4 is 0 Å². The zero-order chi connectivity index (χ0) is 21.5. The summed E-state index contributed by atoms with van der Waals surface area (Å²) in [5.74, 6) is 0. The number of nitrogens with zero attached hydrogens (tertiary/aromatic N) is 2. The third-order valence-electron chi connectivity index (χ3n) is 5.58. The topological polar surface area (TPSA) is 90.3 Å². The van der Waals surface area contributed by atoms with E-state index in [1.165, 1.54) is 5.56 Å². The van der Waals surface area contributed by atoms with Gasteiger partial charge in [-0.1, -0.05) is 30.3 Å². The highest BCUT2D eigenvalue weighted by molar-refractivity contribution is 5.33. The molecular weight excluding hydrogens is 379 g/mol. The van der Waals surface area contributed by atoms with Crippen molar-refractivity contribution in [2.75, 3.05) is 46.5 Å². The van der Waals surface area contributed by atoms with Crippen LogP contribution in [0.3, 0.4) is 0 Å². The molecule has 1 atom stereocenters. The Balaban J connectivity index is 0.000000626. The van der Waals surface area contributed by atoms with Crippen molar-refractivity contribution in [3.63, 3.8) is 0 Å². The Hall–Kier alpha value is -2.03. The van der Waals surface area contributed by atoms with E-state index in [9.17, 15) is 4.39 Å². The molecule has 2 fully saturated rings. The predicted octanol–water partition coefficient (Wildman–Crippen LogP) is 2.16. The molecule has 7 nitrogen and oxygen atoms in total. The molecule has 8 heteroatoms. The number of benzene rings is 1. The van der Waals surface area contributed by atoms with Gasteiger partial charge < -0.3 is 19.8 Å². The van der Waals surface area contributed by atoms with E-state index in [1.807, 2.05) is 7.05 Å². The number of carboxylic acid groups (broad SMARTS) is 2. The van der Waals surface area contributed by atoms with E-state index in [4.69, 9.17) is 24.5 Å². The van der Waals surface area contributed by atoms with Gasteiger partial charge in [0, 0.05) is 32.2 Å². The number of ether oxygens (including phenoxy) is 1. The Morgan fingerprint density at radius 2 is 1.79 bits per heavy atom. The van der Waals surface area contributed by atoms with E-state index in [-0.39, 0.29) is 25.2 Å². The normalized spacial score (nSPS) is 20.3. The van der Waals surface area contributed by atoms with Crippen LogP contribution in [0.1, 0.15) is 24.8 Å². The quantitative estimate of drug-likeness (QED) is 0.692. The number of rotatable bonds is 6. The standard InChI is InChI=1S/C19H29FN2O.2CH2O2/c1-21(14-10-20)18-15-19(23-16-18)8-12-22(13-9-19)11-7-17-5-3-2-4-6-17;2*2-1-3/h2-6,18H,7-16H2,1H3;2*1H,(H,2,3). The fourth-order valence-corrected chi connectivity index (χ4v) is 3.88. The lowest BCUT2D eigenvalue weighted by Gasteiger charge is -2.39. The van der Waals surface area contributed by atoms with Crippen molar-refractivity contribution < 1.29 is 28.9 Å². The molecule has 1 aromatic carbocycles. The molecule has 0 aromatic heterocycles. The van der Waals surface area contributed by atoms with E-state index in [2.05, 4.69) is 40.1 Å². The Morgan fingerprint density at radius 3 is 2.34 bits per heavy atom. The minimum atomic E-state index is -0.271. The van der Waals surface area contributed by atoms with Gasteiger partial charge in [-0.05, 0) is 38.3 Å². The molecule has 2 aliphatic rings. The van der Waals surface area contributed by atoms with E-state index < -0.39 is 0 Å². The molecule has 0 amide bonds. The summed E-state index contributed by atoms with van der Waals surface area (Å²) in [6.45, 7) is 3.88. The summed E-state index contributed by atoms with van der Waals surface area (Å²) in [7, 11) is 2.02. The molecule has 0 aliphatic carbocycles. The van der Waals surface area contributed by atoms with Crippen molar-refractivity contribution >= 4 is 12.9 Å². The molecule has 0 radical (unpaired) electrons. The van der Waals surface area contributed by atoms with E-state index in [0.717, 1.165) is 51.9 Å². The molecule has 1 spiro atoms. The van der Waals surface area contributed by atoms with Gasteiger partial charge in [0.1, 0.15) is 6.67 Å². The van der Waals surface area contributed by atoms with Gasteiger partial charge in [0.15, 0.2) is 0 Å². The van der Waals surface area contributed by atoms with Crippen LogP contribution in [0.25, 0.3) is 0 Å². The van der Waals surface area contributed by atoms with Crippen molar-refractivity contribution in [1.29, 1.82) is 0 Å². The first-order chi connectivity index (χ1) is 14.0. The number of hydrogen-bond donors (Lipinski definition) is 2. The van der Waals surface area contributed by atoms with Crippen LogP contribution in [0.15, 0.2) is 30.3 Å². The van der Waals surface area contributed by atoms with Gasteiger partial charge in [-0.25, -0.2) is 4.39 Å². The molecule has 2 saturated heterocycles. The molecule has 2 heterocycles. The SMILES string of the molecule is CN(CCF)C1COC2(CCN(CCc3ccccc3)CC2)C1.O=CO.O=CO. The number of carbonyl (C=O) groups is 2. The number of hydrogen-bond acceptors (Lipinski definition) is 5. The molecular formula is C21H33FN2O5. The van der Waals surface area contributed by atoms with Crippen LogP contribution in [-0.2, 0) is 20.7 Å². The van der Waals surface area contributed by atoms with Crippen molar-refractivity contribution in [3.8, 4) is 0 Å². The summed E-state index contributed by atoms with van der Waals surface area (Å²) in [5.41, 5.74) is 1.47. The van der Waals surface area contributed by atoms with Crippen LogP contribution in [-0.4, -0.2) is 91.1 Å². The second kappa shape index (κ2) is 14.0. The van der Waals surface area contributed by atoms with E-state index in [0.29, 0.717) is 12.6 Å². The summed E-state index contributed by atoms with van der Waals surface area (Å²) in [4.78, 5) is 21.4. The van der Waals surface area contributed by atoms with Gasteiger partial charge in [-0.15, -0.1) is 0 Å². The predicted molar refractivity (Wildman–Crippen MR) is 109 cm³/mol. The highest BCUT2D eigenvalue weighted by Gasteiger charge is 2.43. The molecule has 0 saturated carbocycles.